The maximum absolute atomic E-state index is 4.54. The van der Waals surface area contributed by atoms with Crippen molar-refractivity contribution in [1.29, 1.82) is 0 Å². The first-order valence-corrected chi connectivity index (χ1v) is 8.34. The molecule has 1 aliphatic rings. The average molecular weight is 303 g/mol. The molecule has 1 aliphatic heterocycles. The zero-order chi connectivity index (χ0) is 14.5. The van der Waals surface area contributed by atoms with E-state index < -0.39 is 0 Å². The normalized spacial score (nSPS) is 16.9. The molecule has 0 atom stereocenters. The van der Waals surface area contributed by atoms with E-state index in [0.717, 1.165) is 56.5 Å². The number of anilines is 1. The largest absolute Gasteiger partial charge is 0.339 e. The van der Waals surface area contributed by atoms with Gasteiger partial charge in [0.05, 0.1) is 10.7 Å². The molecule has 0 bridgehead atoms. The number of aromatic nitrogens is 3. The number of hydrogen-bond acceptors (Lipinski definition) is 6. The smallest absolute Gasteiger partial charge is 0.225 e. The quantitative estimate of drug-likeness (QED) is 0.864. The summed E-state index contributed by atoms with van der Waals surface area (Å²) >= 11 is 1.74. The van der Waals surface area contributed by atoms with Crippen molar-refractivity contribution in [3.8, 4) is 0 Å². The summed E-state index contributed by atoms with van der Waals surface area (Å²) in [6, 6.07) is 1.86. The van der Waals surface area contributed by atoms with Crippen molar-refractivity contribution >= 4 is 17.3 Å². The predicted octanol–water partition coefficient (Wildman–Crippen LogP) is 2.00. The topological polar surface area (TPSA) is 45.2 Å². The first-order valence-electron chi connectivity index (χ1n) is 7.46. The molecular formula is C15H21N5S. The third-order valence-electron chi connectivity index (χ3n) is 3.77. The maximum Gasteiger partial charge on any atom is 0.225 e. The Balaban J connectivity index is 1.51. The molecule has 0 unspecified atom stereocenters. The highest BCUT2D eigenvalue weighted by molar-refractivity contribution is 7.09. The van der Waals surface area contributed by atoms with E-state index in [-0.39, 0.29) is 0 Å². The van der Waals surface area contributed by atoms with Crippen LogP contribution in [0.3, 0.4) is 0 Å². The van der Waals surface area contributed by atoms with Gasteiger partial charge in [0.2, 0.25) is 5.95 Å². The molecule has 0 N–H and O–H groups in total. The number of hydrogen-bond donors (Lipinski definition) is 0. The van der Waals surface area contributed by atoms with Gasteiger partial charge in [-0.2, -0.15) is 0 Å². The van der Waals surface area contributed by atoms with E-state index >= 15 is 0 Å². The lowest BCUT2D eigenvalue weighted by molar-refractivity contribution is 0.296. The molecule has 0 amide bonds. The highest BCUT2D eigenvalue weighted by Gasteiger charge is 2.16. The zero-order valence-corrected chi connectivity index (χ0v) is 13.2. The molecule has 3 rings (SSSR count). The van der Waals surface area contributed by atoms with E-state index in [9.17, 15) is 0 Å². The minimum absolute atomic E-state index is 0.856. The van der Waals surface area contributed by atoms with Crippen LogP contribution in [0.1, 0.15) is 17.1 Å². The third-order valence-corrected chi connectivity index (χ3v) is 4.60. The molecule has 6 heteroatoms. The minimum Gasteiger partial charge on any atom is -0.339 e. The Bertz CT molecular complexity index is 556. The van der Waals surface area contributed by atoms with Gasteiger partial charge in [0.25, 0.3) is 0 Å². The molecule has 0 saturated carbocycles. The van der Waals surface area contributed by atoms with E-state index in [0.29, 0.717) is 0 Å². The van der Waals surface area contributed by atoms with Crippen LogP contribution >= 0.6 is 11.3 Å². The SMILES string of the molecule is Cc1nc(CCN2CCCN(c3ncccn3)CC2)cs1. The van der Waals surface area contributed by atoms with Gasteiger partial charge in [-0.05, 0) is 26.0 Å². The van der Waals surface area contributed by atoms with Crippen LogP contribution in [0, 0.1) is 6.92 Å². The summed E-state index contributed by atoms with van der Waals surface area (Å²) < 4.78 is 0. The Kier molecular flexibility index (Phi) is 4.77. The fourth-order valence-corrected chi connectivity index (χ4v) is 3.29. The van der Waals surface area contributed by atoms with E-state index in [4.69, 9.17) is 0 Å². The Labute approximate surface area is 129 Å². The van der Waals surface area contributed by atoms with Gasteiger partial charge in [-0.1, -0.05) is 0 Å². The van der Waals surface area contributed by atoms with Crippen molar-refractivity contribution in [3.63, 3.8) is 0 Å². The van der Waals surface area contributed by atoms with Gasteiger partial charge in [0.1, 0.15) is 0 Å². The summed E-state index contributed by atoms with van der Waals surface area (Å²) in [5, 5.41) is 3.34. The first kappa shape index (κ1) is 14.4. The van der Waals surface area contributed by atoms with E-state index in [1.54, 1.807) is 11.3 Å². The van der Waals surface area contributed by atoms with Crippen LogP contribution in [0.15, 0.2) is 23.8 Å². The van der Waals surface area contributed by atoms with Crippen LogP contribution in [0.4, 0.5) is 5.95 Å². The number of nitrogens with zero attached hydrogens (tertiary/aromatic N) is 5. The molecule has 1 saturated heterocycles. The Hall–Kier alpha value is -1.53. The molecule has 2 aromatic rings. The predicted molar refractivity (Wildman–Crippen MR) is 85.9 cm³/mol. The Morgan fingerprint density at radius 3 is 2.76 bits per heavy atom. The minimum atomic E-state index is 0.856. The molecule has 3 heterocycles. The Morgan fingerprint density at radius 1 is 1.14 bits per heavy atom. The molecule has 0 spiro atoms. The van der Waals surface area contributed by atoms with Gasteiger partial charge < -0.3 is 9.80 Å². The summed E-state index contributed by atoms with van der Waals surface area (Å²) in [6.07, 6.45) is 5.84. The van der Waals surface area contributed by atoms with Crippen molar-refractivity contribution in [2.24, 2.45) is 0 Å². The van der Waals surface area contributed by atoms with Crippen LogP contribution in [0.2, 0.25) is 0 Å². The molecule has 1 fully saturated rings. The van der Waals surface area contributed by atoms with E-state index in [2.05, 4.69) is 37.1 Å². The van der Waals surface area contributed by atoms with Crippen LogP contribution in [-0.4, -0.2) is 52.6 Å². The van der Waals surface area contributed by atoms with Gasteiger partial charge >= 0.3 is 0 Å². The van der Waals surface area contributed by atoms with Crippen molar-refractivity contribution in [3.05, 3.63) is 34.5 Å². The standard InChI is InChI=1S/C15H21N5S/c1-13-18-14(12-21-13)4-9-19-7-3-8-20(11-10-19)15-16-5-2-6-17-15/h2,5-6,12H,3-4,7-11H2,1H3. The summed E-state index contributed by atoms with van der Waals surface area (Å²) in [5.74, 6) is 0.856. The summed E-state index contributed by atoms with van der Waals surface area (Å²) in [5.41, 5.74) is 1.23. The lowest BCUT2D eigenvalue weighted by Crippen LogP contribution is -2.32. The van der Waals surface area contributed by atoms with Crippen molar-refractivity contribution < 1.29 is 0 Å². The second kappa shape index (κ2) is 6.95. The number of aryl methyl sites for hydroxylation is 1. The molecular weight excluding hydrogens is 282 g/mol. The average Bonchev–Trinajstić information content (AvgIpc) is 2.80. The lowest BCUT2D eigenvalue weighted by atomic mass is 10.3. The van der Waals surface area contributed by atoms with Crippen molar-refractivity contribution in [2.75, 3.05) is 37.6 Å². The van der Waals surface area contributed by atoms with E-state index in [1.165, 1.54) is 5.69 Å². The van der Waals surface area contributed by atoms with Crippen LogP contribution in [0.5, 0.6) is 0 Å². The highest BCUT2D eigenvalue weighted by Crippen LogP contribution is 2.12. The first-order chi connectivity index (χ1) is 10.3. The van der Waals surface area contributed by atoms with Crippen LogP contribution in [-0.2, 0) is 6.42 Å². The summed E-state index contributed by atoms with van der Waals surface area (Å²) in [4.78, 5) is 18.1. The molecule has 112 valence electrons. The second-order valence-electron chi connectivity index (χ2n) is 5.34. The zero-order valence-electron chi connectivity index (χ0n) is 12.4. The van der Waals surface area contributed by atoms with Gasteiger partial charge in [-0.3, -0.25) is 0 Å². The highest BCUT2D eigenvalue weighted by atomic mass is 32.1. The molecule has 0 aromatic carbocycles. The van der Waals surface area contributed by atoms with Gasteiger partial charge in [0, 0.05) is 50.4 Å². The maximum atomic E-state index is 4.54. The van der Waals surface area contributed by atoms with Crippen LogP contribution < -0.4 is 4.90 Å². The lowest BCUT2D eigenvalue weighted by Gasteiger charge is -2.21. The second-order valence-corrected chi connectivity index (χ2v) is 6.40. The van der Waals surface area contributed by atoms with E-state index in [1.807, 2.05) is 18.5 Å². The van der Waals surface area contributed by atoms with Gasteiger partial charge in [0.15, 0.2) is 0 Å². The van der Waals surface area contributed by atoms with Gasteiger partial charge in [-0.15, -0.1) is 11.3 Å². The molecule has 0 aliphatic carbocycles. The molecule has 5 nitrogen and oxygen atoms in total. The molecule has 0 radical (unpaired) electrons. The Morgan fingerprint density at radius 2 is 2.00 bits per heavy atom. The summed E-state index contributed by atoms with van der Waals surface area (Å²) in [7, 11) is 0. The fraction of sp³-hybridized carbons (Fsp3) is 0.533. The summed E-state index contributed by atoms with van der Waals surface area (Å²) in [6.45, 7) is 7.41. The fourth-order valence-electron chi connectivity index (χ4n) is 2.64. The number of rotatable bonds is 4. The third kappa shape index (κ3) is 3.98. The van der Waals surface area contributed by atoms with Crippen molar-refractivity contribution in [2.45, 2.75) is 19.8 Å². The monoisotopic (exact) mass is 303 g/mol. The number of thiazole rings is 1. The van der Waals surface area contributed by atoms with Crippen molar-refractivity contribution in [1.82, 2.24) is 19.9 Å². The van der Waals surface area contributed by atoms with Gasteiger partial charge in [-0.25, -0.2) is 15.0 Å². The molecule has 2 aromatic heterocycles. The molecule has 21 heavy (non-hydrogen) atoms. The van der Waals surface area contributed by atoms with Crippen LogP contribution in [0.25, 0.3) is 0 Å².